The van der Waals surface area contributed by atoms with Crippen LogP contribution in [0.25, 0.3) is 0 Å². The summed E-state index contributed by atoms with van der Waals surface area (Å²) in [4.78, 5) is 35.7. The molecule has 0 aromatic heterocycles. The first kappa shape index (κ1) is 22.3. The molecule has 2 rings (SSSR count). The van der Waals surface area contributed by atoms with Crippen molar-refractivity contribution in [1.29, 1.82) is 0 Å². The van der Waals surface area contributed by atoms with E-state index < -0.39 is 40.0 Å². The van der Waals surface area contributed by atoms with Gasteiger partial charge in [0.1, 0.15) is 0 Å². The summed E-state index contributed by atoms with van der Waals surface area (Å²) in [6.45, 7) is 2.70. The second-order valence-corrected chi connectivity index (χ2v) is 7.55. The third-order valence-electron chi connectivity index (χ3n) is 4.83. The largest absolute Gasteiger partial charge is 0.464 e. The average molecular weight is 460 g/mol. The lowest BCUT2D eigenvalue weighted by Crippen LogP contribution is -2.70. The van der Waals surface area contributed by atoms with E-state index in [4.69, 9.17) is 9.47 Å². The first-order valence-electron chi connectivity index (χ1n) is 8.78. The molecule has 9 nitrogen and oxygen atoms in total. The van der Waals surface area contributed by atoms with Gasteiger partial charge in [0.25, 0.3) is 6.04 Å². The van der Waals surface area contributed by atoms with E-state index in [-0.39, 0.29) is 26.1 Å². The van der Waals surface area contributed by atoms with Crippen LogP contribution in [0.5, 0.6) is 0 Å². The van der Waals surface area contributed by atoms with Crippen LogP contribution in [0.15, 0.2) is 28.7 Å². The van der Waals surface area contributed by atoms with Gasteiger partial charge in [-0.2, -0.15) is 0 Å². The molecule has 1 aliphatic carbocycles. The number of hydrogen-bond donors (Lipinski definition) is 2. The standard InChI is InChI=1S/C18H22BrNO8/c1-3-27-15(21)17(23)9-12(11-5-7-13(19)8-6-11)10-18(24,14(17)20(25)26)16(22)28-4-2/h5-8,12,14,23-24H,3-4,9-10H2,1-2H3/t12?,14?,17-,18+. The summed E-state index contributed by atoms with van der Waals surface area (Å²) < 4.78 is 10.4. The lowest BCUT2D eigenvalue weighted by Gasteiger charge is -2.44. The van der Waals surface area contributed by atoms with Crippen LogP contribution in [0.1, 0.15) is 38.2 Å². The van der Waals surface area contributed by atoms with Crippen LogP contribution < -0.4 is 0 Å². The highest BCUT2D eigenvalue weighted by Crippen LogP contribution is 2.46. The molecule has 0 aliphatic heterocycles. The van der Waals surface area contributed by atoms with Crippen molar-refractivity contribution in [2.75, 3.05) is 13.2 Å². The van der Waals surface area contributed by atoms with Crippen molar-refractivity contribution in [3.05, 3.63) is 44.4 Å². The van der Waals surface area contributed by atoms with Crippen molar-refractivity contribution < 1.29 is 34.2 Å². The van der Waals surface area contributed by atoms with Crippen LogP contribution in [0, 0.1) is 10.1 Å². The summed E-state index contributed by atoms with van der Waals surface area (Å²) in [5.41, 5.74) is -4.83. The molecule has 154 valence electrons. The maximum Gasteiger partial charge on any atom is 0.345 e. The van der Waals surface area contributed by atoms with Crippen LogP contribution in [0.3, 0.4) is 0 Å². The SMILES string of the molecule is CCOC(=O)[C@]1(O)CC(c2ccc(Br)cc2)C[C@](O)(C(=O)OCC)C1[N+](=O)[O-]. The minimum atomic E-state index is -2.71. The molecule has 1 fully saturated rings. The summed E-state index contributed by atoms with van der Waals surface area (Å²) in [7, 11) is 0. The molecule has 0 radical (unpaired) electrons. The maximum atomic E-state index is 12.5. The van der Waals surface area contributed by atoms with Gasteiger partial charge >= 0.3 is 11.9 Å². The molecule has 0 bridgehead atoms. The molecule has 28 heavy (non-hydrogen) atoms. The summed E-state index contributed by atoms with van der Waals surface area (Å²) in [5.74, 6) is -3.25. The summed E-state index contributed by atoms with van der Waals surface area (Å²) in [6, 6.07) is 4.45. The van der Waals surface area contributed by atoms with Crippen LogP contribution in [0.4, 0.5) is 0 Å². The van der Waals surface area contributed by atoms with E-state index in [0.29, 0.717) is 5.56 Å². The Morgan fingerprint density at radius 1 is 1.11 bits per heavy atom. The second-order valence-electron chi connectivity index (χ2n) is 6.63. The molecule has 0 spiro atoms. The molecular weight excluding hydrogens is 438 g/mol. The molecule has 0 saturated heterocycles. The number of ether oxygens (including phenoxy) is 2. The number of carbonyl (C=O) groups is 2. The number of rotatable bonds is 6. The van der Waals surface area contributed by atoms with Gasteiger partial charge in [-0.3, -0.25) is 10.1 Å². The Kier molecular flexibility index (Phi) is 6.79. The molecule has 0 heterocycles. The lowest BCUT2D eigenvalue weighted by atomic mass is 9.64. The van der Waals surface area contributed by atoms with Crippen molar-refractivity contribution >= 4 is 27.9 Å². The Labute approximate surface area is 169 Å². The first-order chi connectivity index (χ1) is 13.1. The van der Waals surface area contributed by atoms with E-state index in [1.165, 1.54) is 13.8 Å². The fourth-order valence-corrected chi connectivity index (χ4v) is 3.93. The van der Waals surface area contributed by atoms with Gasteiger partial charge in [-0.15, -0.1) is 0 Å². The fourth-order valence-electron chi connectivity index (χ4n) is 3.66. The normalized spacial score (nSPS) is 29.8. The Hall–Kier alpha value is -2.04. The van der Waals surface area contributed by atoms with Crippen molar-refractivity contribution in [2.45, 2.75) is 49.9 Å². The number of benzene rings is 1. The van der Waals surface area contributed by atoms with Crippen LogP contribution in [-0.2, 0) is 19.1 Å². The van der Waals surface area contributed by atoms with E-state index in [0.717, 1.165) is 4.47 Å². The molecule has 2 N–H and O–H groups in total. The summed E-state index contributed by atoms with van der Waals surface area (Å²) in [5, 5.41) is 33.8. The molecule has 4 atom stereocenters. The summed E-state index contributed by atoms with van der Waals surface area (Å²) in [6.07, 6.45) is -0.776. The van der Waals surface area contributed by atoms with Gasteiger partial charge in [0.05, 0.1) is 13.2 Å². The van der Waals surface area contributed by atoms with Gasteiger partial charge in [0.15, 0.2) is 0 Å². The Morgan fingerprint density at radius 3 is 1.89 bits per heavy atom. The maximum absolute atomic E-state index is 12.5. The number of carbonyl (C=O) groups excluding carboxylic acids is 2. The zero-order valence-corrected chi connectivity index (χ0v) is 17.0. The predicted octanol–water partition coefficient (Wildman–Crippen LogP) is 1.56. The Morgan fingerprint density at radius 2 is 1.54 bits per heavy atom. The van der Waals surface area contributed by atoms with Crippen molar-refractivity contribution in [3.63, 3.8) is 0 Å². The highest BCUT2D eigenvalue weighted by molar-refractivity contribution is 9.10. The zero-order chi connectivity index (χ0) is 21.1. The van der Waals surface area contributed by atoms with Gasteiger partial charge in [-0.25, -0.2) is 9.59 Å². The Bertz CT molecular complexity index is 720. The quantitative estimate of drug-likeness (QED) is 0.371. The van der Waals surface area contributed by atoms with E-state index >= 15 is 0 Å². The van der Waals surface area contributed by atoms with Gasteiger partial charge in [0, 0.05) is 22.2 Å². The van der Waals surface area contributed by atoms with Crippen molar-refractivity contribution in [2.24, 2.45) is 0 Å². The van der Waals surface area contributed by atoms with Crippen molar-refractivity contribution in [1.82, 2.24) is 0 Å². The van der Waals surface area contributed by atoms with Gasteiger partial charge in [-0.1, -0.05) is 28.1 Å². The number of aliphatic hydroxyl groups is 2. The molecular formula is C18H22BrNO8. The molecule has 1 aliphatic rings. The van der Waals surface area contributed by atoms with Gasteiger partial charge in [-0.05, 0) is 37.5 Å². The topological polar surface area (TPSA) is 136 Å². The highest BCUT2D eigenvalue weighted by atomic mass is 79.9. The number of nitrogens with zero attached hydrogens (tertiary/aromatic N) is 1. The first-order valence-corrected chi connectivity index (χ1v) is 9.57. The predicted molar refractivity (Wildman–Crippen MR) is 100 cm³/mol. The number of esters is 2. The zero-order valence-electron chi connectivity index (χ0n) is 15.5. The molecule has 1 aromatic carbocycles. The molecule has 2 unspecified atom stereocenters. The highest BCUT2D eigenvalue weighted by Gasteiger charge is 2.71. The minimum absolute atomic E-state index is 0.133. The average Bonchev–Trinajstić information content (AvgIpc) is 2.61. The molecule has 1 aromatic rings. The van der Waals surface area contributed by atoms with Gasteiger partial charge < -0.3 is 19.7 Å². The Balaban J connectivity index is 2.60. The third kappa shape index (κ3) is 4.03. The molecule has 1 saturated carbocycles. The number of hydrogen-bond acceptors (Lipinski definition) is 8. The van der Waals surface area contributed by atoms with E-state index in [1.54, 1.807) is 24.3 Å². The van der Waals surface area contributed by atoms with E-state index in [2.05, 4.69) is 15.9 Å². The lowest BCUT2D eigenvalue weighted by molar-refractivity contribution is -0.566. The third-order valence-corrected chi connectivity index (χ3v) is 5.36. The van der Waals surface area contributed by atoms with Crippen LogP contribution in [0.2, 0.25) is 0 Å². The fraction of sp³-hybridized carbons (Fsp3) is 0.556. The minimum Gasteiger partial charge on any atom is -0.464 e. The monoisotopic (exact) mass is 459 g/mol. The smallest absolute Gasteiger partial charge is 0.345 e. The number of nitro groups is 1. The van der Waals surface area contributed by atoms with Crippen molar-refractivity contribution in [3.8, 4) is 0 Å². The molecule has 0 amide bonds. The van der Waals surface area contributed by atoms with E-state index in [1.807, 2.05) is 0 Å². The second kappa shape index (κ2) is 8.54. The van der Waals surface area contributed by atoms with Crippen LogP contribution in [-0.4, -0.2) is 57.5 Å². The summed E-state index contributed by atoms with van der Waals surface area (Å²) >= 11 is 3.29. The van der Waals surface area contributed by atoms with Gasteiger partial charge in [0.2, 0.25) is 11.2 Å². The molecule has 10 heteroatoms. The van der Waals surface area contributed by atoms with E-state index in [9.17, 15) is 29.9 Å². The number of halogens is 1. The van der Waals surface area contributed by atoms with Crippen LogP contribution >= 0.6 is 15.9 Å².